The Morgan fingerprint density at radius 2 is 2.17 bits per heavy atom. The lowest BCUT2D eigenvalue weighted by molar-refractivity contribution is -0.168. The van der Waals surface area contributed by atoms with Crippen molar-refractivity contribution in [3.05, 3.63) is 39.9 Å². The molecule has 1 amide bonds. The van der Waals surface area contributed by atoms with Crippen LogP contribution in [0, 0.1) is 11.8 Å². The molecule has 4 aliphatic rings. The van der Waals surface area contributed by atoms with E-state index < -0.39 is 5.60 Å². The number of benzene rings is 1. The van der Waals surface area contributed by atoms with Gasteiger partial charge >= 0.3 is 0 Å². The van der Waals surface area contributed by atoms with E-state index in [1.54, 1.807) is 0 Å². The first-order valence-electron chi connectivity index (χ1n) is 9.09. The van der Waals surface area contributed by atoms with Crippen molar-refractivity contribution in [2.75, 3.05) is 11.4 Å². The Labute approximate surface area is 151 Å². The number of carbonyl (C=O) groups is 1. The minimum atomic E-state index is -0.815. The molecule has 1 aromatic carbocycles. The second-order valence-electron chi connectivity index (χ2n) is 7.77. The van der Waals surface area contributed by atoms with Gasteiger partial charge in [-0.3, -0.25) is 4.79 Å². The minimum absolute atomic E-state index is 0.0791. The lowest BCUT2D eigenvalue weighted by atomic mass is 9.74. The molecular formula is C20H22BrNO2. The maximum atomic E-state index is 13.7. The second-order valence-corrected chi connectivity index (χ2v) is 8.62. The zero-order valence-electron chi connectivity index (χ0n) is 13.9. The van der Waals surface area contributed by atoms with E-state index in [9.17, 15) is 4.79 Å². The summed E-state index contributed by atoms with van der Waals surface area (Å²) in [5.74, 6) is 1.03. The predicted octanol–water partition coefficient (Wildman–Crippen LogP) is 4.55. The van der Waals surface area contributed by atoms with Crippen LogP contribution >= 0.6 is 15.9 Å². The molecule has 1 unspecified atom stereocenters. The highest BCUT2D eigenvalue weighted by atomic mass is 79.9. The molecular weight excluding hydrogens is 366 g/mol. The first kappa shape index (κ1) is 15.2. The van der Waals surface area contributed by atoms with Gasteiger partial charge in [-0.1, -0.05) is 33.6 Å². The number of rotatable bonds is 2. The molecule has 5 rings (SSSR count). The second kappa shape index (κ2) is 5.18. The number of amides is 1. The fraction of sp³-hybridized carbons (Fsp3) is 0.550. The third-order valence-corrected chi connectivity index (χ3v) is 6.73. The summed E-state index contributed by atoms with van der Waals surface area (Å²) >= 11 is 3.73. The summed E-state index contributed by atoms with van der Waals surface area (Å²) in [4.78, 5) is 15.7. The van der Waals surface area contributed by atoms with E-state index in [2.05, 4.69) is 41.1 Å². The van der Waals surface area contributed by atoms with Crippen LogP contribution in [0.5, 0.6) is 0 Å². The molecule has 0 bridgehead atoms. The van der Waals surface area contributed by atoms with Crippen LogP contribution in [0.3, 0.4) is 0 Å². The molecule has 1 aromatic rings. The number of anilines is 1. The van der Waals surface area contributed by atoms with Crippen LogP contribution in [0.1, 0.15) is 44.6 Å². The SMILES string of the molecule is C[C@@H]1CC2=CCCC2[C@]2(O1)C(=O)N(CC1CC1)c1cccc(Br)c12. The fourth-order valence-corrected chi connectivity index (χ4v) is 5.57. The molecule has 4 heteroatoms. The van der Waals surface area contributed by atoms with Gasteiger partial charge in [0.25, 0.3) is 5.91 Å². The molecule has 126 valence electrons. The number of carbonyl (C=O) groups excluding carboxylic acids is 1. The van der Waals surface area contributed by atoms with E-state index in [0.29, 0.717) is 5.92 Å². The van der Waals surface area contributed by atoms with E-state index in [-0.39, 0.29) is 17.9 Å². The van der Waals surface area contributed by atoms with Crippen LogP contribution in [0.4, 0.5) is 5.69 Å². The Balaban J connectivity index is 1.70. The van der Waals surface area contributed by atoms with Gasteiger partial charge < -0.3 is 9.64 Å². The number of fused-ring (bicyclic) bond motifs is 4. The number of hydrogen-bond donors (Lipinski definition) is 0. The quantitative estimate of drug-likeness (QED) is 0.696. The summed E-state index contributed by atoms with van der Waals surface area (Å²) < 4.78 is 7.54. The van der Waals surface area contributed by atoms with E-state index in [4.69, 9.17) is 4.74 Å². The van der Waals surface area contributed by atoms with Gasteiger partial charge in [0.2, 0.25) is 0 Å². The van der Waals surface area contributed by atoms with E-state index in [1.165, 1.54) is 18.4 Å². The van der Waals surface area contributed by atoms with Crippen LogP contribution in [-0.2, 0) is 15.1 Å². The van der Waals surface area contributed by atoms with Crippen LogP contribution in [-0.4, -0.2) is 18.6 Å². The fourth-order valence-electron chi connectivity index (χ4n) is 4.92. The molecule has 0 radical (unpaired) electrons. The summed E-state index contributed by atoms with van der Waals surface area (Å²) in [6, 6.07) is 6.18. The number of hydrogen-bond acceptors (Lipinski definition) is 2. The summed E-state index contributed by atoms with van der Waals surface area (Å²) in [6.07, 6.45) is 7.95. The summed E-state index contributed by atoms with van der Waals surface area (Å²) in [5, 5.41) is 0. The smallest absolute Gasteiger partial charge is 0.264 e. The minimum Gasteiger partial charge on any atom is -0.356 e. The maximum absolute atomic E-state index is 13.7. The van der Waals surface area contributed by atoms with Crippen molar-refractivity contribution in [2.45, 2.75) is 50.7 Å². The predicted molar refractivity (Wildman–Crippen MR) is 96.9 cm³/mol. The maximum Gasteiger partial charge on any atom is 0.264 e. The largest absolute Gasteiger partial charge is 0.356 e. The van der Waals surface area contributed by atoms with Crippen molar-refractivity contribution < 1.29 is 9.53 Å². The average Bonchev–Trinajstić information content (AvgIpc) is 3.20. The van der Waals surface area contributed by atoms with Gasteiger partial charge in [0, 0.05) is 22.5 Å². The average molecular weight is 388 g/mol. The van der Waals surface area contributed by atoms with Crippen LogP contribution in [0.25, 0.3) is 0 Å². The molecule has 1 spiro atoms. The summed E-state index contributed by atoms with van der Waals surface area (Å²) in [5.41, 5.74) is 2.74. The standard InChI is InChI=1S/C20H22BrNO2/c1-12-10-14-4-2-5-15(14)20(24-12)18-16(21)6-3-7-17(18)22(19(20)23)11-13-8-9-13/h3-4,6-7,12-13,15H,2,5,8-11H2,1H3/t12-,15?,20-/m1/s1. The number of halogens is 1. The highest BCUT2D eigenvalue weighted by Gasteiger charge is 2.61. The highest BCUT2D eigenvalue weighted by molar-refractivity contribution is 9.10. The van der Waals surface area contributed by atoms with Crippen molar-refractivity contribution in [2.24, 2.45) is 11.8 Å². The molecule has 0 N–H and O–H groups in total. The van der Waals surface area contributed by atoms with Crippen LogP contribution in [0.2, 0.25) is 0 Å². The van der Waals surface area contributed by atoms with Crippen molar-refractivity contribution in [3.63, 3.8) is 0 Å². The normalized spacial score (nSPS) is 34.5. The first-order valence-corrected chi connectivity index (χ1v) is 9.88. The van der Waals surface area contributed by atoms with Gasteiger partial charge in [-0.15, -0.1) is 0 Å². The first-order chi connectivity index (χ1) is 11.6. The molecule has 3 atom stereocenters. The molecule has 2 aliphatic carbocycles. The van der Waals surface area contributed by atoms with Crippen LogP contribution < -0.4 is 4.90 Å². The number of nitrogens with zero attached hydrogens (tertiary/aromatic N) is 1. The van der Waals surface area contributed by atoms with Gasteiger partial charge in [-0.2, -0.15) is 0 Å². The number of allylic oxidation sites excluding steroid dienone is 1. The van der Waals surface area contributed by atoms with E-state index in [1.807, 2.05) is 11.0 Å². The lowest BCUT2D eigenvalue weighted by Gasteiger charge is -2.43. The van der Waals surface area contributed by atoms with Gasteiger partial charge in [0.05, 0.1) is 11.8 Å². The molecule has 2 fully saturated rings. The summed E-state index contributed by atoms with van der Waals surface area (Å²) in [6.45, 7) is 2.94. The van der Waals surface area contributed by atoms with Gasteiger partial charge in [0.15, 0.2) is 5.60 Å². The van der Waals surface area contributed by atoms with Crippen LogP contribution in [0.15, 0.2) is 34.3 Å². The molecule has 1 saturated heterocycles. The Hall–Kier alpha value is -1.13. The molecule has 24 heavy (non-hydrogen) atoms. The molecule has 3 nitrogen and oxygen atoms in total. The van der Waals surface area contributed by atoms with Crippen molar-refractivity contribution >= 4 is 27.5 Å². The highest BCUT2D eigenvalue weighted by Crippen LogP contribution is 2.58. The van der Waals surface area contributed by atoms with Crippen molar-refractivity contribution in [3.8, 4) is 0 Å². The summed E-state index contributed by atoms with van der Waals surface area (Å²) in [7, 11) is 0. The molecule has 2 heterocycles. The zero-order chi connectivity index (χ0) is 16.5. The Morgan fingerprint density at radius 1 is 1.33 bits per heavy atom. The number of ether oxygens (including phenoxy) is 1. The monoisotopic (exact) mass is 387 g/mol. The topological polar surface area (TPSA) is 29.5 Å². The van der Waals surface area contributed by atoms with Gasteiger partial charge in [0.1, 0.15) is 0 Å². The van der Waals surface area contributed by atoms with Crippen molar-refractivity contribution in [1.29, 1.82) is 0 Å². The Bertz CT molecular complexity index is 754. The van der Waals surface area contributed by atoms with E-state index >= 15 is 0 Å². The van der Waals surface area contributed by atoms with Crippen molar-refractivity contribution in [1.82, 2.24) is 0 Å². The van der Waals surface area contributed by atoms with Gasteiger partial charge in [-0.05, 0) is 57.1 Å². The van der Waals surface area contributed by atoms with E-state index in [0.717, 1.165) is 41.5 Å². The third kappa shape index (κ3) is 1.96. The third-order valence-electron chi connectivity index (χ3n) is 6.06. The Morgan fingerprint density at radius 3 is 2.96 bits per heavy atom. The zero-order valence-corrected chi connectivity index (χ0v) is 15.5. The molecule has 2 aliphatic heterocycles. The molecule has 1 saturated carbocycles. The Kier molecular flexibility index (Phi) is 3.27. The molecule has 0 aromatic heterocycles. The lowest BCUT2D eigenvalue weighted by Crippen LogP contribution is -2.52. The van der Waals surface area contributed by atoms with Gasteiger partial charge in [-0.25, -0.2) is 0 Å².